The van der Waals surface area contributed by atoms with Gasteiger partial charge in [0.2, 0.25) is 0 Å². The Morgan fingerprint density at radius 3 is 2.68 bits per heavy atom. The Morgan fingerprint density at radius 2 is 1.95 bits per heavy atom. The Hall–Kier alpha value is -2.55. The molecule has 3 nitrogen and oxygen atoms in total. The number of para-hydroxylation sites is 1. The molecule has 0 amide bonds. The number of aromatic nitrogens is 1. The molecule has 0 bridgehead atoms. The van der Waals surface area contributed by atoms with Gasteiger partial charge in [-0.1, -0.05) is 35.5 Å². The van der Waals surface area contributed by atoms with Crippen LogP contribution in [-0.4, -0.2) is 15.5 Å². The first-order chi connectivity index (χ1) is 10.8. The quantitative estimate of drug-likeness (QED) is 0.307. The zero-order chi connectivity index (χ0) is 15.5. The summed E-state index contributed by atoms with van der Waals surface area (Å²) in [5, 5.41) is 15.2. The van der Waals surface area contributed by atoms with Gasteiger partial charge < -0.3 is 9.77 Å². The summed E-state index contributed by atoms with van der Waals surface area (Å²) < 4.78 is 2.31. The van der Waals surface area contributed by atoms with Crippen molar-refractivity contribution in [1.29, 1.82) is 0 Å². The minimum absolute atomic E-state index is 0.692. The van der Waals surface area contributed by atoms with E-state index in [1.54, 1.807) is 0 Å². The maximum Gasteiger partial charge on any atom is 0.0871 e. The Bertz CT molecular complexity index is 858. The van der Waals surface area contributed by atoms with Crippen molar-refractivity contribution in [2.75, 3.05) is 0 Å². The van der Waals surface area contributed by atoms with E-state index in [1.807, 2.05) is 12.1 Å². The minimum Gasteiger partial charge on any atom is -0.411 e. The van der Waals surface area contributed by atoms with Gasteiger partial charge in [0.1, 0.15) is 0 Å². The van der Waals surface area contributed by atoms with Gasteiger partial charge in [0.05, 0.1) is 5.71 Å². The van der Waals surface area contributed by atoms with Gasteiger partial charge in [-0.15, -0.1) is 6.58 Å². The molecule has 0 aliphatic carbocycles. The van der Waals surface area contributed by atoms with Gasteiger partial charge in [-0.2, -0.15) is 0 Å². The van der Waals surface area contributed by atoms with E-state index in [4.69, 9.17) is 0 Å². The van der Waals surface area contributed by atoms with E-state index in [0.29, 0.717) is 12.1 Å². The third-order valence-corrected chi connectivity index (χ3v) is 4.13. The van der Waals surface area contributed by atoms with Crippen molar-refractivity contribution in [2.24, 2.45) is 5.16 Å². The van der Waals surface area contributed by atoms with Gasteiger partial charge in [0.15, 0.2) is 0 Å². The van der Waals surface area contributed by atoms with Crippen LogP contribution in [-0.2, 0) is 6.54 Å². The van der Waals surface area contributed by atoms with E-state index in [9.17, 15) is 5.21 Å². The lowest BCUT2D eigenvalue weighted by Crippen LogP contribution is -2.00. The summed E-state index contributed by atoms with van der Waals surface area (Å²) in [7, 11) is 0. The van der Waals surface area contributed by atoms with Crippen LogP contribution < -0.4 is 0 Å². The van der Waals surface area contributed by atoms with Gasteiger partial charge in [-0.05, 0) is 38.0 Å². The maximum atomic E-state index is 9.29. The molecule has 3 aromatic rings. The van der Waals surface area contributed by atoms with Crippen LogP contribution in [0.4, 0.5) is 0 Å². The van der Waals surface area contributed by atoms with Crippen molar-refractivity contribution in [2.45, 2.75) is 26.3 Å². The van der Waals surface area contributed by atoms with Crippen molar-refractivity contribution in [3.8, 4) is 0 Å². The zero-order valence-electron chi connectivity index (χ0n) is 12.8. The van der Waals surface area contributed by atoms with Crippen LogP contribution >= 0.6 is 0 Å². The molecule has 0 saturated carbocycles. The molecule has 0 unspecified atom stereocenters. The summed E-state index contributed by atoms with van der Waals surface area (Å²) in [6.07, 6.45) is 3.33. The molecule has 2 aromatic carbocycles. The van der Waals surface area contributed by atoms with Crippen molar-refractivity contribution in [3.63, 3.8) is 0 Å². The first-order valence-corrected chi connectivity index (χ1v) is 7.63. The molecule has 0 aliphatic heterocycles. The molecule has 3 rings (SSSR count). The molecule has 1 aromatic heterocycles. The lowest BCUT2D eigenvalue weighted by atomic mass is 10.0. The van der Waals surface area contributed by atoms with Crippen molar-refractivity contribution < 1.29 is 5.21 Å². The van der Waals surface area contributed by atoms with Crippen LogP contribution in [0.3, 0.4) is 0 Å². The molecular weight excluding hydrogens is 272 g/mol. The van der Waals surface area contributed by atoms with Crippen LogP contribution in [0, 0.1) is 0 Å². The fourth-order valence-corrected chi connectivity index (χ4v) is 3.06. The predicted molar refractivity (Wildman–Crippen MR) is 92.9 cm³/mol. The topological polar surface area (TPSA) is 37.5 Å². The lowest BCUT2D eigenvalue weighted by molar-refractivity contribution is 0.318. The Morgan fingerprint density at radius 1 is 1.18 bits per heavy atom. The Labute approximate surface area is 130 Å². The summed E-state index contributed by atoms with van der Waals surface area (Å²) in [6, 6.07) is 14.7. The zero-order valence-corrected chi connectivity index (χ0v) is 12.8. The summed E-state index contributed by atoms with van der Waals surface area (Å²) in [6.45, 7) is 6.81. The molecule has 0 spiro atoms. The van der Waals surface area contributed by atoms with E-state index in [-0.39, 0.29) is 0 Å². The summed E-state index contributed by atoms with van der Waals surface area (Å²) in [4.78, 5) is 0. The van der Waals surface area contributed by atoms with Gasteiger partial charge in [0.25, 0.3) is 0 Å². The number of hydrogen-bond donors (Lipinski definition) is 1. The van der Waals surface area contributed by atoms with Crippen LogP contribution in [0.5, 0.6) is 0 Å². The molecular formula is C19H20N2O. The molecule has 22 heavy (non-hydrogen) atoms. The van der Waals surface area contributed by atoms with Crippen molar-refractivity contribution >= 4 is 27.5 Å². The average molecular weight is 292 g/mol. The molecule has 0 saturated heterocycles. The van der Waals surface area contributed by atoms with Crippen LogP contribution in [0.2, 0.25) is 0 Å². The number of oxime groups is 1. The number of hydrogen-bond acceptors (Lipinski definition) is 2. The number of benzene rings is 2. The largest absolute Gasteiger partial charge is 0.411 e. The number of aryl methyl sites for hydroxylation is 1. The molecule has 3 heteroatoms. The molecule has 0 atom stereocenters. The molecule has 112 valence electrons. The second-order valence-corrected chi connectivity index (χ2v) is 5.37. The monoisotopic (exact) mass is 292 g/mol. The number of allylic oxidation sites excluding steroid dienone is 1. The van der Waals surface area contributed by atoms with Crippen molar-refractivity contribution in [1.82, 2.24) is 4.57 Å². The Kier molecular flexibility index (Phi) is 3.96. The van der Waals surface area contributed by atoms with E-state index in [1.165, 1.54) is 21.8 Å². The van der Waals surface area contributed by atoms with E-state index in [2.05, 4.69) is 59.6 Å². The van der Waals surface area contributed by atoms with Crippen molar-refractivity contribution in [3.05, 3.63) is 60.7 Å². The average Bonchev–Trinajstić information content (AvgIpc) is 2.89. The fraction of sp³-hybridized carbons (Fsp3) is 0.211. The van der Waals surface area contributed by atoms with E-state index in [0.717, 1.165) is 18.5 Å². The number of fused-ring (bicyclic) bond motifs is 3. The normalized spacial score (nSPS) is 12.1. The lowest BCUT2D eigenvalue weighted by Gasteiger charge is -2.05. The highest BCUT2D eigenvalue weighted by atomic mass is 16.4. The van der Waals surface area contributed by atoms with Gasteiger partial charge in [0, 0.05) is 33.9 Å². The van der Waals surface area contributed by atoms with Gasteiger partial charge >= 0.3 is 0 Å². The number of nitrogens with zero attached hydrogens (tertiary/aromatic N) is 2. The highest BCUT2D eigenvalue weighted by Crippen LogP contribution is 2.30. The predicted octanol–water partition coefficient (Wildman–Crippen LogP) is 4.96. The summed E-state index contributed by atoms with van der Waals surface area (Å²) in [5.74, 6) is 0. The highest BCUT2D eigenvalue weighted by Gasteiger charge is 2.11. The number of rotatable bonds is 5. The second kappa shape index (κ2) is 6.06. The second-order valence-electron chi connectivity index (χ2n) is 5.37. The first kappa shape index (κ1) is 14.4. The van der Waals surface area contributed by atoms with Crippen LogP contribution in [0.15, 0.2) is 60.3 Å². The molecule has 0 aliphatic rings. The van der Waals surface area contributed by atoms with Crippen LogP contribution in [0.1, 0.15) is 25.3 Å². The summed E-state index contributed by atoms with van der Waals surface area (Å²) >= 11 is 0. The minimum atomic E-state index is 0.692. The molecule has 1 heterocycles. The maximum absolute atomic E-state index is 9.29. The molecule has 0 fully saturated rings. The summed E-state index contributed by atoms with van der Waals surface area (Å²) in [5.41, 5.74) is 4.13. The third-order valence-electron chi connectivity index (χ3n) is 4.13. The fourth-order valence-electron chi connectivity index (χ4n) is 3.06. The Balaban J connectivity index is 2.21. The van der Waals surface area contributed by atoms with E-state index < -0.39 is 0 Å². The molecule has 0 radical (unpaired) electrons. The first-order valence-electron chi connectivity index (χ1n) is 7.63. The smallest absolute Gasteiger partial charge is 0.0871 e. The SMILES string of the molecule is C=CCC/C(=N\O)c1ccc2c(c1)c1ccccc1n2CC. The van der Waals surface area contributed by atoms with Crippen LogP contribution in [0.25, 0.3) is 21.8 Å². The molecule has 1 N–H and O–H groups in total. The third kappa shape index (κ3) is 2.29. The van der Waals surface area contributed by atoms with Gasteiger partial charge in [-0.3, -0.25) is 0 Å². The van der Waals surface area contributed by atoms with Gasteiger partial charge in [-0.25, -0.2) is 0 Å². The highest BCUT2D eigenvalue weighted by molar-refractivity contribution is 6.11. The van der Waals surface area contributed by atoms with E-state index >= 15 is 0 Å². The standard InChI is InChI=1S/C19H20N2O/c1-3-5-9-17(20-22)14-11-12-19-16(13-14)15-8-6-7-10-18(15)21(19)4-2/h3,6-8,10-13,22H,1,4-5,9H2,2H3/b20-17+.